The number of nitrogens with one attached hydrogen (secondary N) is 1. The van der Waals surface area contributed by atoms with Crippen LogP contribution < -0.4 is 15.0 Å². The number of carbonyl (C=O) groups is 1. The van der Waals surface area contributed by atoms with E-state index >= 15 is 0 Å². The molecule has 1 heterocycles. The van der Waals surface area contributed by atoms with E-state index in [1.165, 1.54) is 11.3 Å². The summed E-state index contributed by atoms with van der Waals surface area (Å²) in [6.07, 6.45) is 0.906. The van der Waals surface area contributed by atoms with Gasteiger partial charge < -0.3 is 15.0 Å². The first-order valence-corrected chi connectivity index (χ1v) is 7.93. The monoisotopic (exact) mass is 310 g/mol. The van der Waals surface area contributed by atoms with Crippen molar-refractivity contribution in [2.75, 3.05) is 25.1 Å². The molecule has 0 bridgehead atoms. The van der Waals surface area contributed by atoms with Gasteiger partial charge in [-0.1, -0.05) is 36.4 Å². The molecule has 0 aromatic heterocycles. The SMILES string of the molecule is Cc1ccccc1OCC(=O)NC1CCN(C)c2ccccc21. The van der Waals surface area contributed by atoms with Crippen molar-refractivity contribution in [3.63, 3.8) is 0 Å². The van der Waals surface area contributed by atoms with E-state index in [4.69, 9.17) is 4.74 Å². The Balaban J connectivity index is 1.63. The normalized spacial score (nSPS) is 16.6. The zero-order valence-corrected chi connectivity index (χ0v) is 13.6. The first kappa shape index (κ1) is 15.4. The fraction of sp³-hybridized carbons (Fsp3) is 0.316. The predicted molar refractivity (Wildman–Crippen MR) is 91.9 cm³/mol. The summed E-state index contributed by atoms with van der Waals surface area (Å²) in [6, 6.07) is 16.0. The number of amides is 1. The second-order valence-electron chi connectivity index (χ2n) is 5.94. The van der Waals surface area contributed by atoms with Crippen molar-refractivity contribution in [2.45, 2.75) is 19.4 Å². The maximum atomic E-state index is 12.2. The predicted octanol–water partition coefficient (Wildman–Crippen LogP) is 3.07. The summed E-state index contributed by atoms with van der Waals surface area (Å²) < 4.78 is 5.63. The lowest BCUT2D eigenvalue weighted by atomic mass is 9.97. The molecule has 4 nitrogen and oxygen atoms in total. The molecule has 0 radical (unpaired) electrons. The van der Waals surface area contributed by atoms with E-state index in [1.807, 2.05) is 43.3 Å². The van der Waals surface area contributed by atoms with Crippen LogP contribution in [-0.2, 0) is 4.79 Å². The van der Waals surface area contributed by atoms with Crippen LogP contribution in [0.15, 0.2) is 48.5 Å². The van der Waals surface area contributed by atoms with Crippen molar-refractivity contribution in [3.8, 4) is 5.75 Å². The van der Waals surface area contributed by atoms with Crippen LogP contribution in [0.1, 0.15) is 23.6 Å². The number of hydrogen-bond acceptors (Lipinski definition) is 3. The molecule has 1 aliphatic heterocycles. The topological polar surface area (TPSA) is 41.6 Å². The molecule has 23 heavy (non-hydrogen) atoms. The highest BCUT2D eigenvalue weighted by Crippen LogP contribution is 2.32. The number of hydrogen-bond donors (Lipinski definition) is 1. The molecule has 0 saturated heterocycles. The number of fused-ring (bicyclic) bond motifs is 1. The summed E-state index contributed by atoms with van der Waals surface area (Å²) >= 11 is 0. The van der Waals surface area contributed by atoms with Gasteiger partial charge in [0.05, 0.1) is 6.04 Å². The summed E-state index contributed by atoms with van der Waals surface area (Å²) in [5, 5.41) is 3.09. The molecular formula is C19H22N2O2. The van der Waals surface area contributed by atoms with Gasteiger partial charge in [-0.05, 0) is 36.6 Å². The van der Waals surface area contributed by atoms with E-state index in [0.29, 0.717) is 0 Å². The molecule has 0 fully saturated rings. The lowest BCUT2D eigenvalue weighted by Gasteiger charge is -2.33. The van der Waals surface area contributed by atoms with E-state index in [2.05, 4.69) is 29.4 Å². The molecule has 0 spiro atoms. The Morgan fingerprint density at radius 1 is 1.22 bits per heavy atom. The van der Waals surface area contributed by atoms with Gasteiger partial charge in [0.15, 0.2) is 6.61 Å². The first-order valence-electron chi connectivity index (χ1n) is 7.93. The quantitative estimate of drug-likeness (QED) is 0.943. The standard InChI is InChI=1S/C19H22N2O2/c1-14-7-3-6-10-18(14)23-13-19(22)20-16-11-12-21(2)17-9-5-4-8-15(16)17/h3-10,16H,11-13H2,1-2H3,(H,20,22). The van der Waals surface area contributed by atoms with Crippen molar-refractivity contribution in [1.29, 1.82) is 0 Å². The van der Waals surface area contributed by atoms with E-state index < -0.39 is 0 Å². The van der Waals surface area contributed by atoms with Crippen LogP contribution >= 0.6 is 0 Å². The molecule has 0 saturated carbocycles. The minimum Gasteiger partial charge on any atom is -0.484 e. The van der Waals surface area contributed by atoms with Gasteiger partial charge in [-0.2, -0.15) is 0 Å². The van der Waals surface area contributed by atoms with E-state index in [0.717, 1.165) is 24.3 Å². The second-order valence-corrected chi connectivity index (χ2v) is 5.94. The van der Waals surface area contributed by atoms with E-state index in [9.17, 15) is 4.79 Å². The number of carbonyl (C=O) groups excluding carboxylic acids is 1. The van der Waals surface area contributed by atoms with E-state index in [-0.39, 0.29) is 18.6 Å². The summed E-state index contributed by atoms with van der Waals surface area (Å²) in [5.41, 5.74) is 3.39. The number of anilines is 1. The molecule has 3 rings (SSSR count). The third kappa shape index (κ3) is 3.47. The Bertz CT molecular complexity index is 699. The Labute approximate surface area is 137 Å². The highest BCUT2D eigenvalue weighted by Gasteiger charge is 2.24. The molecule has 1 atom stereocenters. The van der Waals surface area contributed by atoms with Crippen LogP contribution in [0, 0.1) is 6.92 Å². The highest BCUT2D eigenvalue weighted by atomic mass is 16.5. The maximum absolute atomic E-state index is 12.2. The fourth-order valence-corrected chi connectivity index (χ4v) is 2.98. The number of ether oxygens (including phenoxy) is 1. The maximum Gasteiger partial charge on any atom is 0.258 e. The van der Waals surface area contributed by atoms with Crippen molar-refractivity contribution in [1.82, 2.24) is 5.32 Å². The minimum atomic E-state index is -0.0855. The van der Waals surface area contributed by atoms with Crippen LogP contribution in [0.4, 0.5) is 5.69 Å². The minimum absolute atomic E-state index is 0.0410. The number of nitrogens with zero attached hydrogens (tertiary/aromatic N) is 1. The lowest BCUT2D eigenvalue weighted by Crippen LogP contribution is -2.38. The second kappa shape index (κ2) is 6.73. The van der Waals surface area contributed by atoms with Crippen LogP contribution in [0.2, 0.25) is 0 Å². The molecule has 1 amide bonds. The van der Waals surface area contributed by atoms with Crippen LogP contribution in [-0.4, -0.2) is 26.1 Å². The lowest BCUT2D eigenvalue weighted by molar-refractivity contribution is -0.123. The average Bonchev–Trinajstić information content (AvgIpc) is 2.57. The summed E-state index contributed by atoms with van der Waals surface area (Å²) in [5.74, 6) is 0.670. The molecule has 2 aromatic carbocycles. The Morgan fingerprint density at radius 2 is 1.96 bits per heavy atom. The van der Waals surface area contributed by atoms with Gasteiger partial charge in [0.1, 0.15) is 5.75 Å². The smallest absolute Gasteiger partial charge is 0.258 e. The molecule has 1 N–H and O–H groups in total. The highest BCUT2D eigenvalue weighted by molar-refractivity contribution is 5.78. The van der Waals surface area contributed by atoms with Gasteiger partial charge in [0, 0.05) is 19.3 Å². The molecule has 4 heteroatoms. The third-order valence-corrected chi connectivity index (χ3v) is 4.26. The fourth-order valence-electron chi connectivity index (χ4n) is 2.98. The van der Waals surface area contributed by atoms with Gasteiger partial charge in [-0.3, -0.25) is 4.79 Å². The molecule has 2 aromatic rings. The van der Waals surface area contributed by atoms with Crippen LogP contribution in [0.25, 0.3) is 0 Å². The van der Waals surface area contributed by atoms with Gasteiger partial charge >= 0.3 is 0 Å². The van der Waals surface area contributed by atoms with Gasteiger partial charge in [0.25, 0.3) is 5.91 Å². The zero-order valence-electron chi connectivity index (χ0n) is 13.6. The Morgan fingerprint density at radius 3 is 2.78 bits per heavy atom. The van der Waals surface area contributed by atoms with Crippen molar-refractivity contribution < 1.29 is 9.53 Å². The number of benzene rings is 2. The zero-order chi connectivity index (χ0) is 16.2. The molecule has 1 unspecified atom stereocenters. The van der Waals surface area contributed by atoms with E-state index in [1.54, 1.807) is 0 Å². The van der Waals surface area contributed by atoms with Gasteiger partial charge in [0.2, 0.25) is 0 Å². The molecular weight excluding hydrogens is 288 g/mol. The number of para-hydroxylation sites is 2. The Kier molecular flexibility index (Phi) is 4.51. The number of aryl methyl sites for hydroxylation is 1. The van der Waals surface area contributed by atoms with Crippen molar-refractivity contribution in [2.24, 2.45) is 0 Å². The summed E-state index contributed by atoms with van der Waals surface area (Å²) in [6.45, 7) is 2.94. The Hall–Kier alpha value is -2.49. The molecule has 1 aliphatic rings. The van der Waals surface area contributed by atoms with Crippen LogP contribution in [0.5, 0.6) is 5.75 Å². The van der Waals surface area contributed by atoms with Gasteiger partial charge in [-0.25, -0.2) is 0 Å². The molecule has 120 valence electrons. The van der Waals surface area contributed by atoms with Crippen molar-refractivity contribution in [3.05, 3.63) is 59.7 Å². The van der Waals surface area contributed by atoms with Gasteiger partial charge in [-0.15, -0.1) is 0 Å². The third-order valence-electron chi connectivity index (χ3n) is 4.26. The van der Waals surface area contributed by atoms with Crippen LogP contribution in [0.3, 0.4) is 0 Å². The number of rotatable bonds is 4. The molecule has 0 aliphatic carbocycles. The largest absolute Gasteiger partial charge is 0.484 e. The average molecular weight is 310 g/mol. The summed E-state index contributed by atoms with van der Waals surface area (Å²) in [7, 11) is 2.08. The van der Waals surface area contributed by atoms with Crippen molar-refractivity contribution >= 4 is 11.6 Å². The first-order chi connectivity index (χ1) is 11.1. The summed E-state index contributed by atoms with van der Waals surface area (Å²) in [4.78, 5) is 14.5.